The fourth-order valence-electron chi connectivity index (χ4n) is 3.99. The number of piperazine rings is 1. The van der Waals surface area contributed by atoms with E-state index in [9.17, 15) is 4.79 Å². The highest BCUT2D eigenvalue weighted by Crippen LogP contribution is 2.17. The molecule has 0 spiro atoms. The molecule has 0 bridgehead atoms. The number of halogens is 2. The van der Waals surface area contributed by atoms with Crippen molar-refractivity contribution in [1.29, 1.82) is 0 Å². The van der Waals surface area contributed by atoms with E-state index >= 15 is 0 Å². The standard InChI is InChI=1S/C20H33N5O.2ClH/c1-17(23-20(26)6-5-18-7-10-21-11-8-18)16-24-12-14-25(15-13-24)19-4-2-3-9-22-19;;/h2-4,9,17-18,21H,5-8,10-16H2,1H3,(H,23,26);2*1H. The molecule has 2 aliphatic rings. The molecule has 8 heteroatoms. The quantitative estimate of drug-likeness (QED) is 0.693. The van der Waals surface area contributed by atoms with Crippen molar-refractivity contribution < 1.29 is 4.79 Å². The van der Waals surface area contributed by atoms with E-state index in [1.807, 2.05) is 18.3 Å². The summed E-state index contributed by atoms with van der Waals surface area (Å²) in [4.78, 5) is 21.4. The summed E-state index contributed by atoms with van der Waals surface area (Å²) in [5, 5.41) is 6.57. The minimum Gasteiger partial charge on any atom is -0.354 e. The molecular formula is C20H35Cl2N5O. The van der Waals surface area contributed by atoms with Crippen molar-refractivity contribution in [2.24, 2.45) is 5.92 Å². The summed E-state index contributed by atoms with van der Waals surface area (Å²) in [6.45, 7) is 9.28. The number of hydrogen-bond donors (Lipinski definition) is 2. The fourth-order valence-corrected chi connectivity index (χ4v) is 3.99. The molecule has 0 radical (unpaired) electrons. The summed E-state index contributed by atoms with van der Waals surface area (Å²) in [7, 11) is 0. The Labute approximate surface area is 181 Å². The van der Waals surface area contributed by atoms with Gasteiger partial charge in [0.15, 0.2) is 0 Å². The zero-order chi connectivity index (χ0) is 18.2. The molecule has 2 N–H and O–H groups in total. The highest BCUT2D eigenvalue weighted by Gasteiger charge is 2.20. The Morgan fingerprint density at radius 3 is 2.57 bits per heavy atom. The zero-order valence-corrected chi connectivity index (χ0v) is 18.4. The number of carbonyl (C=O) groups is 1. The third kappa shape index (κ3) is 8.11. The Balaban J connectivity index is 0.00000196. The predicted molar refractivity (Wildman–Crippen MR) is 120 cm³/mol. The van der Waals surface area contributed by atoms with Crippen LogP contribution in [-0.4, -0.2) is 67.6 Å². The van der Waals surface area contributed by atoms with Crippen LogP contribution in [0.4, 0.5) is 5.82 Å². The highest BCUT2D eigenvalue weighted by atomic mass is 35.5. The van der Waals surface area contributed by atoms with Crippen molar-refractivity contribution in [1.82, 2.24) is 20.5 Å². The molecule has 0 aromatic carbocycles. The molecule has 2 aliphatic heterocycles. The molecule has 2 saturated heterocycles. The third-order valence-corrected chi connectivity index (χ3v) is 5.52. The number of amides is 1. The van der Waals surface area contributed by atoms with Gasteiger partial charge in [-0.3, -0.25) is 9.69 Å². The van der Waals surface area contributed by atoms with Gasteiger partial charge in [0.2, 0.25) is 5.91 Å². The predicted octanol–water partition coefficient (Wildman–Crippen LogP) is 2.33. The van der Waals surface area contributed by atoms with Crippen molar-refractivity contribution in [3.8, 4) is 0 Å². The Morgan fingerprint density at radius 1 is 1.21 bits per heavy atom. The summed E-state index contributed by atoms with van der Waals surface area (Å²) in [6, 6.07) is 6.27. The van der Waals surface area contributed by atoms with E-state index in [4.69, 9.17) is 0 Å². The molecule has 6 nitrogen and oxygen atoms in total. The summed E-state index contributed by atoms with van der Waals surface area (Å²) in [6.07, 6.45) is 5.97. The normalized spacial score (nSPS) is 19.2. The van der Waals surface area contributed by atoms with Crippen LogP contribution in [0.3, 0.4) is 0 Å². The molecule has 1 atom stereocenters. The number of carbonyl (C=O) groups excluding carboxylic acids is 1. The smallest absolute Gasteiger partial charge is 0.220 e. The Kier molecular flexibility index (Phi) is 11.8. The average Bonchev–Trinajstić information content (AvgIpc) is 2.68. The van der Waals surface area contributed by atoms with Crippen molar-refractivity contribution in [3.05, 3.63) is 24.4 Å². The first-order chi connectivity index (χ1) is 12.7. The van der Waals surface area contributed by atoms with Crippen molar-refractivity contribution in [3.63, 3.8) is 0 Å². The Hall–Kier alpha value is -1.08. The van der Waals surface area contributed by atoms with Gasteiger partial charge in [0.1, 0.15) is 5.82 Å². The highest BCUT2D eigenvalue weighted by molar-refractivity contribution is 5.85. The van der Waals surface area contributed by atoms with Crippen LogP contribution >= 0.6 is 24.8 Å². The summed E-state index contributed by atoms with van der Waals surface area (Å²) >= 11 is 0. The lowest BCUT2D eigenvalue weighted by Gasteiger charge is -2.36. The molecule has 1 amide bonds. The molecule has 0 saturated carbocycles. The van der Waals surface area contributed by atoms with E-state index in [2.05, 4.69) is 38.4 Å². The lowest BCUT2D eigenvalue weighted by Crippen LogP contribution is -2.51. The second-order valence-corrected chi connectivity index (χ2v) is 7.68. The van der Waals surface area contributed by atoms with E-state index < -0.39 is 0 Å². The molecule has 3 heterocycles. The van der Waals surface area contributed by atoms with E-state index in [1.54, 1.807) is 0 Å². The van der Waals surface area contributed by atoms with Gasteiger partial charge in [-0.2, -0.15) is 0 Å². The number of anilines is 1. The van der Waals surface area contributed by atoms with E-state index in [0.717, 1.165) is 64.0 Å². The summed E-state index contributed by atoms with van der Waals surface area (Å²) in [5.74, 6) is 1.99. The van der Waals surface area contributed by atoms with Crippen LogP contribution < -0.4 is 15.5 Å². The summed E-state index contributed by atoms with van der Waals surface area (Å²) in [5.41, 5.74) is 0. The number of pyridine rings is 1. The zero-order valence-electron chi connectivity index (χ0n) is 16.8. The number of hydrogen-bond acceptors (Lipinski definition) is 5. The molecule has 1 aromatic heterocycles. The maximum absolute atomic E-state index is 12.2. The van der Waals surface area contributed by atoms with Gasteiger partial charge < -0.3 is 15.5 Å². The minimum absolute atomic E-state index is 0. The van der Waals surface area contributed by atoms with Gasteiger partial charge in [-0.05, 0) is 57.3 Å². The Morgan fingerprint density at radius 2 is 1.93 bits per heavy atom. The first kappa shape index (κ1) is 25.0. The number of aromatic nitrogens is 1. The van der Waals surface area contributed by atoms with Crippen LogP contribution in [0.2, 0.25) is 0 Å². The molecular weight excluding hydrogens is 397 g/mol. The van der Waals surface area contributed by atoms with Crippen LogP contribution in [0, 0.1) is 5.92 Å². The summed E-state index contributed by atoms with van der Waals surface area (Å²) < 4.78 is 0. The fraction of sp³-hybridized carbons (Fsp3) is 0.700. The van der Waals surface area contributed by atoms with Crippen molar-refractivity contribution in [2.75, 3.05) is 50.7 Å². The monoisotopic (exact) mass is 431 g/mol. The van der Waals surface area contributed by atoms with Gasteiger partial charge in [-0.15, -0.1) is 24.8 Å². The molecule has 1 aromatic rings. The largest absolute Gasteiger partial charge is 0.354 e. The molecule has 0 aliphatic carbocycles. The van der Waals surface area contributed by atoms with E-state index in [-0.39, 0.29) is 36.8 Å². The molecule has 3 rings (SSSR count). The topological polar surface area (TPSA) is 60.5 Å². The van der Waals surface area contributed by atoms with Gasteiger partial charge in [0.25, 0.3) is 0 Å². The number of rotatable bonds is 7. The maximum Gasteiger partial charge on any atom is 0.220 e. The lowest BCUT2D eigenvalue weighted by molar-refractivity contribution is -0.122. The second-order valence-electron chi connectivity index (χ2n) is 7.68. The van der Waals surface area contributed by atoms with Crippen LogP contribution in [0.15, 0.2) is 24.4 Å². The van der Waals surface area contributed by atoms with Crippen LogP contribution in [0.25, 0.3) is 0 Å². The SMILES string of the molecule is CC(CN1CCN(c2ccccn2)CC1)NC(=O)CCC1CCNCC1.Cl.Cl. The first-order valence-electron chi connectivity index (χ1n) is 10.1. The first-order valence-corrected chi connectivity index (χ1v) is 10.1. The van der Waals surface area contributed by atoms with Gasteiger partial charge in [-0.1, -0.05) is 6.07 Å². The Bertz CT molecular complexity index is 549. The maximum atomic E-state index is 12.2. The van der Waals surface area contributed by atoms with Crippen molar-refractivity contribution >= 4 is 36.5 Å². The molecule has 28 heavy (non-hydrogen) atoms. The van der Waals surface area contributed by atoms with E-state index in [0.29, 0.717) is 6.42 Å². The van der Waals surface area contributed by atoms with Crippen LogP contribution in [0.1, 0.15) is 32.6 Å². The van der Waals surface area contributed by atoms with Gasteiger partial charge in [-0.25, -0.2) is 4.98 Å². The molecule has 2 fully saturated rings. The van der Waals surface area contributed by atoms with E-state index in [1.165, 1.54) is 12.8 Å². The van der Waals surface area contributed by atoms with Crippen LogP contribution in [0.5, 0.6) is 0 Å². The second kappa shape index (κ2) is 13.2. The number of nitrogens with zero attached hydrogens (tertiary/aromatic N) is 3. The number of piperidine rings is 1. The molecule has 160 valence electrons. The molecule has 1 unspecified atom stereocenters. The average molecular weight is 432 g/mol. The van der Waals surface area contributed by atoms with Gasteiger partial charge in [0, 0.05) is 51.4 Å². The lowest BCUT2D eigenvalue weighted by atomic mass is 9.93. The van der Waals surface area contributed by atoms with Gasteiger partial charge in [0.05, 0.1) is 0 Å². The van der Waals surface area contributed by atoms with Gasteiger partial charge >= 0.3 is 0 Å². The number of nitrogens with one attached hydrogen (secondary N) is 2. The van der Waals surface area contributed by atoms with Crippen molar-refractivity contribution in [2.45, 2.75) is 38.6 Å². The third-order valence-electron chi connectivity index (χ3n) is 5.52. The van der Waals surface area contributed by atoms with Crippen LogP contribution in [-0.2, 0) is 4.79 Å². The minimum atomic E-state index is 0.